The van der Waals surface area contributed by atoms with Crippen molar-refractivity contribution in [1.82, 2.24) is 5.32 Å². The van der Waals surface area contributed by atoms with Crippen molar-refractivity contribution in [3.63, 3.8) is 0 Å². The van der Waals surface area contributed by atoms with Gasteiger partial charge in [0.1, 0.15) is 0 Å². The second-order valence-corrected chi connectivity index (χ2v) is 19.6. The van der Waals surface area contributed by atoms with Crippen molar-refractivity contribution >= 4 is 11.9 Å². The standard InChI is InChI=1S/C59H111NO5/c1-3-5-7-9-11-13-15-17-19-21-22-23-24-25-26-27-29-31-35-39-43-47-51-57(62)56(55-61)60-58(63)52-48-44-40-36-33-34-38-42-46-50-54-65-59(64)53-49-45-41-37-32-30-28-20-18-16-14-12-10-8-6-4-2/h14,16,20,28,47,51,56-57,61-62H,3-13,15,17-19,21-27,29-46,48-50,52-55H2,1-2H3,(H,60,63)/b16-14-,28-20-,51-47+. The van der Waals surface area contributed by atoms with Gasteiger partial charge in [-0.05, 0) is 64.2 Å². The van der Waals surface area contributed by atoms with Gasteiger partial charge in [0.2, 0.25) is 5.91 Å². The van der Waals surface area contributed by atoms with Crippen LogP contribution in [-0.4, -0.2) is 47.4 Å². The first-order valence-electron chi connectivity index (χ1n) is 28.8. The molecule has 2 unspecified atom stereocenters. The number of rotatable bonds is 53. The van der Waals surface area contributed by atoms with Crippen molar-refractivity contribution in [1.29, 1.82) is 0 Å². The second kappa shape index (κ2) is 54.7. The van der Waals surface area contributed by atoms with Gasteiger partial charge in [0, 0.05) is 12.8 Å². The molecule has 0 aliphatic rings. The number of ether oxygens (including phenoxy) is 1. The maximum atomic E-state index is 12.5. The lowest BCUT2D eigenvalue weighted by Gasteiger charge is -2.20. The number of nitrogens with one attached hydrogen (secondary N) is 1. The summed E-state index contributed by atoms with van der Waals surface area (Å²) in [6.45, 7) is 4.84. The van der Waals surface area contributed by atoms with E-state index in [1.807, 2.05) is 6.08 Å². The summed E-state index contributed by atoms with van der Waals surface area (Å²) >= 11 is 0. The van der Waals surface area contributed by atoms with Crippen LogP contribution in [0.25, 0.3) is 0 Å². The molecular weight excluding hydrogens is 803 g/mol. The Bertz CT molecular complexity index is 1060. The van der Waals surface area contributed by atoms with Crippen LogP contribution in [0.5, 0.6) is 0 Å². The van der Waals surface area contributed by atoms with Crippen LogP contribution in [0.15, 0.2) is 36.5 Å². The highest BCUT2D eigenvalue weighted by atomic mass is 16.5. The summed E-state index contributed by atoms with van der Waals surface area (Å²) in [6.07, 6.45) is 67.3. The number of aliphatic hydroxyl groups excluding tert-OH is 2. The minimum atomic E-state index is -0.861. The fourth-order valence-corrected chi connectivity index (χ4v) is 8.72. The Kier molecular flexibility index (Phi) is 53.1. The van der Waals surface area contributed by atoms with Gasteiger partial charge in [-0.25, -0.2) is 0 Å². The Hall–Kier alpha value is -1.92. The van der Waals surface area contributed by atoms with Crippen molar-refractivity contribution in [2.45, 2.75) is 315 Å². The Morgan fingerprint density at radius 3 is 1.18 bits per heavy atom. The molecule has 65 heavy (non-hydrogen) atoms. The Labute approximate surface area is 404 Å². The lowest BCUT2D eigenvalue weighted by Crippen LogP contribution is -2.45. The number of hydrogen-bond donors (Lipinski definition) is 3. The molecule has 0 aliphatic carbocycles. The maximum absolute atomic E-state index is 12.5. The molecule has 0 radical (unpaired) electrons. The van der Waals surface area contributed by atoms with E-state index in [1.165, 1.54) is 205 Å². The molecule has 0 aromatic carbocycles. The highest BCUT2D eigenvalue weighted by molar-refractivity contribution is 5.76. The van der Waals surface area contributed by atoms with Crippen LogP contribution in [-0.2, 0) is 14.3 Å². The van der Waals surface area contributed by atoms with E-state index in [-0.39, 0.29) is 18.5 Å². The predicted octanol–water partition coefficient (Wildman–Crippen LogP) is 17.6. The molecule has 0 aromatic heterocycles. The Morgan fingerprint density at radius 2 is 0.769 bits per heavy atom. The van der Waals surface area contributed by atoms with Crippen LogP contribution in [0.2, 0.25) is 0 Å². The minimum absolute atomic E-state index is 0.0339. The Balaban J connectivity index is 3.52. The van der Waals surface area contributed by atoms with Gasteiger partial charge in [-0.15, -0.1) is 0 Å². The van der Waals surface area contributed by atoms with E-state index in [0.717, 1.165) is 70.6 Å². The van der Waals surface area contributed by atoms with Crippen molar-refractivity contribution in [2.24, 2.45) is 0 Å². The molecule has 0 spiro atoms. The van der Waals surface area contributed by atoms with Crippen molar-refractivity contribution in [3.05, 3.63) is 36.5 Å². The fraction of sp³-hybridized carbons (Fsp3) is 0.864. The molecule has 6 heteroatoms. The molecule has 1 amide bonds. The molecule has 0 aromatic rings. The third-order valence-corrected chi connectivity index (χ3v) is 13.2. The van der Waals surface area contributed by atoms with E-state index in [4.69, 9.17) is 4.74 Å². The Morgan fingerprint density at radius 1 is 0.431 bits per heavy atom. The average molecular weight is 915 g/mol. The number of unbranched alkanes of at least 4 members (excludes halogenated alkanes) is 38. The van der Waals surface area contributed by atoms with Crippen LogP contribution in [0.1, 0.15) is 303 Å². The molecule has 3 N–H and O–H groups in total. The van der Waals surface area contributed by atoms with Gasteiger partial charge in [0.25, 0.3) is 0 Å². The van der Waals surface area contributed by atoms with E-state index in [1.54, 1.807) is 6.08 Å². The van der Waals surface area contributed by atoms with E-state index in [2.05, 4.69) is 43.5 Å². The molecule has 0 rings (SSSR count). The normalized spacial score (nSPS) is 12.9. The van der Waals surface area contributed by atoms with Gasteiger partial charge < -0.3 is 20.3 Å². The molecule has 0 aliphatic heterocycles. The summed E-state index contributed by atoms with van der Waals surface area (Å²) in [5.74, 6) is -0.124. The van der Waals surface area contributed by atoms with Crippen LogP contribution in [0.3, 0.4) is 0 Å². The van der Waals surface area contributed by atoms with E-state index >= 15 is 0 Å². The van der Waals surface area contributed by atoms with Crippen LogP contribution >= 0.6 is 0 Å². The number of hydrogen-bond acceptors (Lipinski definition) is 5. The first kappa shape index (κ1) is 63.1. The van der Waals surface area contributed by atoms with E-state index in [9.17, 15) is 19.8 Å². The summed E-state index contributed by atoms with van der Waals surface area (Å²) < 4.78 is 5.46. The van der Waals surface area contributed by atoms with Crippen molar-refractivity contribution in [3.8, 4) is 0 Å². The summed E-state index contributed by atoms with van der Waals surface area (Å²) in [6, 6.07) is -0.647. The zero-order chi connectivity index (χ0) is 47.2. The largest absolute Gasteiger partial charge is 0.466 e. The topological polar surface area (TPSA) is 95.9 Å². The van der Waals surface area contributed by atoms with Crippen LogP contribution < -0.4 is 5.32 Å². The number of esters is 1. The summed E-state index contributed by atoms with van der Waals surface area (Å²) in [5.41, 5.74) is 0. The zero-order valence-electron chi connectivity index (χ0n) is 43.5. The predicted molar refractivity (Wildman–Crippen MR) is 283 cm³/mol. The van der Waals surface area contributed by atoms with Gasteiger partial charge in [-0.2, -0.15) is 0 Å². The van der Waals surface area contributed by atoms with Gasteiger partial charge in [0.05, 0.1) is 25.4 Å². The fourth-order valence-electron chi connectivity index (χ4n) is 8.72. The number of allylic oxidation sites excluding steroid dienone is 5. The molecular formula is C59H111NO5. The van der Waals surface area contributed by atoms with Crippen molar-refractivity contribution in [2.75, 3.05) is 13.2 Å². The first-order valence-corrected chi connectivity index (χ1v) is 28.8. The van der Waals surface area contributed by atoms with Gasteiger partial charge in [-0.3, -0.25) is 9.59 Å². The quantitative estimate of drug-likeness (QED) is 0.0321. The molecule has 0 bridgehead atoms. The monoisotopic (exact) mass is 914 g/mol. The minimum Gasteiger partial charge on any atom is -0.466 e. The lowest BCUT2D eigenvalue weighted by molar-refractivity contribution is -0.143. The molecule has 6 nitrogen and oxygen atoms in total. The molecule has 0 fully saturated rings. The molecule has 2 atom stereocenters. The van der Waals surface area contributed by atoms with E-state index < -0.39 is 12.1 Å². The smallest absolute Gasteiger partial charge is 0.305 e. The van der Waals surface area contributed by atoms with Crippen LogP contribution in [0.4, 0.5) is 0 Å². The summed E-state index contributed by atoms with van der Waals surface area (Å²) in [7, 11) is 0. The molecule has 0 saturated heterocycles. The highest BCUT2D eigenvalue weighted by Gasteiger charge is 2.18. The van der Waals surface area contributed by atoms with E-state index in [0.29, 0.717) is 19.4 Å². The number of carbonyl (C=O) groups excluding carboxylic acids is 2. The molecule has 0 saturated carbocycles. The van der Waals surface area contributed by atoms with Crippen LogP contribution in [0, 0.1) is 0 Å². The average Bonchev–Trinajstić information content (AvgIpc) is 3.31. The number of aliphatic hydroxyl groups is 2. The third-order valence-electron chi connectivity index (χ3n) is 13.2. The third kappa shape index (κ3) is 51.3. The number of amides is 1. The van der Waals surface area contributed by atoms with Gasteiger partial charge in [0.15, 0.2) is 0 Å². The van der Waals surface area contributed by atoms with Gasteiger partial charge >= 0.3 is 5.97 Å². The second-order valence-electron chi connectivity index (χ2n) is 19.6. The molecule has 382 valence electrons. The summed E-state index contributed by atoms with van der Waals surface area (Å²) in [5, 5.41) is 23.2. The zero-order valence-corrected chi connectivity index (χ0v) is 43.5. The maximum Gasteiger partial charge on any atom is 0.305 e. The molecule has 0 heterocycles. The van der Waals surface area contributed by atoms with Gasteiger partial charge in [-0.1, -0.05) is 262 Å². The summed E-state index contributed by atoms with van der Waals surface area (Å²) in [4.78, 5) is 24.5. The highest BCUT2D eigenvalue weighted by Crippen LogP contribution is 2.17. The van der Waals surface area contributed by atoms with Crippen molar-refractivity contribution < 1.29 is 24.5 Å². The first-order chi connectivity index (χ1) is 32.0. The SMILES string of the molecule is CCCCCC/C=C\C/C=C\CCCCCCCC(=O)OCCCCCCCCCCCCC(=O)NC(CO)C(O)/C=C/CCCCCCCCCCCCCCCCCCCCCC. The number of carbonyl (C=O) groups is 2. The lowest BCUT2D eigenvalue weighted by atomic mass is 10.0.